The van der Waals surface area contributed by atoms with E-state index >= 15 is 0 Å². The van der Waals surface area contributed by atoms with Crippen molar-refractivity contribution in [1.82, 2.24) is 0 Å². The fourth-order valence-electron chi connectivity index (χ4n) is 3.60. The van der Waals surface area contributed by atoms with Crippen LogP contribution in [0.25, 0.3) is 6.08 Å². The average molecular weight is 428 g/mol. The molecular formula is C22H22ClN3O4. The van der Waals surface area contributed by atoms with E-state index in [9.17, 15) is 9.59 Å². The van der Waals surface area contributed by atoms with Crippen LogP contribution in [0.15, 0.2) is 36.4 Å². The van der Waals surface area contributed by atoms with Crippen molar-refractivity contribution in [2.75, 3.05) is 36.5 Å². The zero-order valence-corrected chi connectivity index (χ0v) is 17.1. The Morgan fingerprint density at radius 2 is 1.87 bits per heavy atom. The number of fused-ring (bicyclic) bond motifs is 1. The van der Waals surface area contributed by atoms with Crippen LogP contribution in [0.1, 0.15) is 28.8 Å². The lowest BCUT2D eigenvalue weighted by molar-refractivity contribution is -0.111. The molecule has 2 aliphatic rings. The predicted octanol–water partition coefficient (Wildman–Crippen LogP) is 3.46. The Labute approximate surface area is 179 Å². The summed E-state index contributed by atoms with van der Waals surface area (Å²) in [5.41, 5.74) is 7.90. The second-order valence-corrected chi connectivity index (χ2v) is 7.55. The van der Waals surface area contributed by atoms with E-state index in [0.29, 0.717) is 46.5 Å². The van der Waals surface area contributed by atoms with Crippen molar-refractivity contribution in [3.8, 4) is 11.5 Å². The summed E-state index contributed by atoms with van der Waals surface area (Å²) in [4.78, 5) is 26.4. The molecule has 0 radical (unpaired) electrons. The van der Waals surface area contributed by atoms with Gasteiger partial charge in [-0.1, -0.05) is 11.6 Å². The first-order chi connectivity index (χ1) is 14.5. The van der Waals surface area contributed by atoms with Crippen molar-refractivity contribution in [3.63, 3.8) is 0 Å². The highest BCUT2D eigenvalue weighted by Gasteiger charge is 2.18. The number of carbonyl (C=O) groups excluding carboxylic acids is 2. The second-order valence-electron chi connectivity index (χ2n) is 7.14. The van der Waals surface area contributed by atoms with Crippen molar-refractivity contribution < 1.29 is 19.1 Å². The van der Waals surface area contributed by atoms with E-state index in [2.05, 4.69) is 10.2 Å². The molecular weight excluding hydrogens is 406 g/mol. The summed E-state index contributed by atoms with van der Waals surface area (Å²) in [6.45, 7) is 2.72. The monoisotopic (exact) mass is 427 g/mol. The molecule has 30 heavy (non-hydrogen) atoms. The van der Waals surface area contributed by atoms with Crippen LogP contribution in [0, 0.1) is 0 Å². The zero-order chi connectivity index (χ0) is 21.1. The quantitative estimate of drug-likeness (QED) is 0.712. The first-order valence-corrected chi connectivity index (χ1v) is 10.2. The van der Waals surface area contributed by atoms with Gasteiger partial charge in [0.05, 0.1) is 16.4 Å². The van der Waals surface area contributed by atoms with E-state index in [1.807, 2.05) is 6.07 Å². The number of amides is 2. The van der Waals surface area contributed by atoms with Crippen molar-refractivity contribution in [2.24, 2.45) is 5.73 Å². The van der Waals surface area contributed by atoms with Crippen LogP contribution in [-0.2, 0) is 4.79 Å². The summed E-state index contributed by atoms with van der Waals surface area (Å²) in [5.74, 6) is 0.199. The Balaban J connectivity index is 1.54. The molecule has 0 unspecified atom stereocenters. The van der Waals surface area contributed by atoms with Crippen LogP contribution < -0.4 is 25.4 Å². The summed E-state index contributed by atoms with van der Waals surface area (Å²) in [7, 11) is 0. The van der Waals surface area contributed by atoms with Gasteiger partial charge in [0, 0.05) is 24.7 Å². The molecule has 2 aromatic carbocycles. The number of nitrogens with one attached hydrogen (secondary N) is 1. The molecule has 0 saturated carbocycles. The molecule has 0 spiro atoms. The van der Waals surface area contributed by atoms with Crippen LogP contribution in [0.2, 0.25) is 5.02 Å². The number of halogens is 1. The molecule has 0 bridgehead atoms. The maximum atomic E-state index is 12.6. The van der Waals surface area contributed by atoms with Gasteiger partial charge in [0.2, 0.25) is 11.8 Å². The molecule has 156 valence electrons. The van der Waals surface area contributed by atoms with Crippen molar-refractivity contribution in [2.45, 2.75) is 12.8 Å². The zero-order valence-electron chi connectivity index (χ0n) is 16.3. The van der Waals surface area contributed by atoms with E-state index in [1.54, 1.807) is 30.3 Å². The first kappa shape index (κ1) is 20.1. The highest BCUT2D eigenvalue weighted by Crippen LogP contribution is 2.38. The summed E-state index contributed by atoms with van der Waals surface area (Å²) in [6.07, 6.45) is 5.24. The second kappa shape index (κ2) is 8.67. The Kier molecular flexibility index (Phi) is 5.81. The summed E-state index contributed by atoms with van der Waals surface area (Å²) in [6, 6.07) is 8.60. The molecule has 2 amide bonds. The lowest BCUT2D eigenvalue weighted by Crippen LogP contribution is -2.21. The highest BCUT2D eigenvalue weighted by molar-refractivity contribution is 6.32. The molecule has 3 N–H and O–H groups in total. The van der Waals surface area contributed by atoms with Gasteiger partial charge in [-0.3, -0.25) is 9.59 Å². The van der Waals surface area contributed by atoms with Gasteiger partial charge < -0.3 is 25.4 Å². The topological polar surface area (TPSA) is 93.9 Å². The van der Waals surface area contributed by atoms with Gasteiger partial charge in [0.1, 0.15) is 13.2 Å². The number of hydrogen-bond acceptors (Lipinski definition) is 5. The van der Waals surface area contributed by atoms with Crippen LogP contribution in [-0.4, -0.2) is 38.1 Å². The standard InChI is InChI=1S/C22H22ClN3O4/c23-16-11-14(12-19-21(16)30-10-9-29-19)3-6-20(27)25-17-13-15(22(24)28)4-5-18(17)26-7-1-2-8-26/h3-6,11-13H,1-2,7-10H2,(H2,24,28)(H,25,27)/b6-3+. The number of carbonyl (C=O) groups is 2. The van der Waals surface area contributed by atoms with Gasteiger partial charge in [-0.05, 0) is 54.8 Å². The lowest BCUT2D eigenvalue weighted by atomic mass is 10.1. The third kappa shape index (κ3) is 4.36. The lowest BCUT2D eigenvalue weighted by Gasteiger charge is -2.22. The Hall–Kier alpha value is -3.19. The first-order valence-electron chi connectivity index (χ1n) is 9.78. The van der Waals surface area contributed by atoms with Crippen molar-refractivity contribution in [1.29, 1.82) is 0 Å². The molecule has 7 nitrogen and oxygen atoms in total. The van der Waals surface area contributed by atoms with E-state index in [-0.39, 0.29) is 5.91 Å². The fourth-order valence-corrected chi connectivity index (χ4v) is 3.87. The average Bonchev–Trinajstić information content (AvgIpc) is 3.27. The molecule has 2 aliphatic heterocycles. The third-order valence-corrected chi connectivity index (χ3v) is 5.31. The van der Waals surface area contributed by atoms with Crippen LogP contribution in [0.3, 0.4) is 0 Å². The Morgan fingerprint density at radius 1 is 1.10 bits per heavy atom. The minimum atomic E-state index is -0.542. The molecule has 8 heteroatoms. The van der Waals surface area contributed by atoms with Gasteiger partial charge in [0.25, 0.3) is 0 Å². The highest BCUT2D eigenvalue weighted by atomic mass is 35.5. The van der Waals surface area contributed by atoms with E-state index < -0.39 is 5.91 Å². The minimum absolute atomic E-state index is 0.330. The number of ether oxygens (including phenoxy) is 2. The molecule has 2 aromatic rings. The van der Waals surface area contributed by atoms with Gasteiger partial charge in [-0.2, -0.15) is 0 Å². The number of nitrogens with two attached hydrogens (primary N) is 1. The maximum absolute atomic E-state index is 12.6. The number of hydrogen-bond donors (Lipinski definition) is 2. The van der Waals surface area contributed by atoms with Gasteiger partial charge in [0.15, 0.2) is 11.5 Å². The smallest absolute Gasteiger partial charge is 0.248 e. The Morgan fingerprint density at radius 3 is 2.63 bits per heavy atom. The SMILES string of the molecule is NC(=O)c1ccc(N2CCCC2)c(NC(=O)/C=C/c2cc(Cl)c3c(c2)OCCO3)c1. The van der Waals surface area contributed by atoms with Crippen LogP contribution >= 0.6 is 11.6 Å². The van der Waals surface area contributed by atoms with E-state index in [0.717, 1.165) is 31.6 Å². The Bertz CT molecular complexity index is 1020. The number of nitrogens with zero attached hydrogens (tertiary/aromatic N) is 1. The largest absolute Gasteiger partial charge is 0.486 e. The molecule has 0 aliphatic carbocycles. The number of primary amides is 1. The fraction of sp³-hybridized carbons (Fsp3) is 0.273. The number of anilines is 2. The molecule has 1 saturated heterocycles. The molecule has 0 aromatic heterocycles. The maximum Gasteiger partial charge on any atom is 0.248 e. The number of benzene rings is 2. The van der Waals surface area contributed by atoms with Gasteiger partial charge in [-0.25, -0.2) is 0 Å². The number of rotatable bonds is 5. The normalized spacial score (nSPS) is 15.4. The van der Waals surface area contributed by atoms with Crippen molar-refractivity contribution in [3.05, 3.63) is 52.6 Å². The van der Waals surface area contributed by atoms with Crippen LogP contribution in [0.4, 0.5) is 11.4 Å². The summed E-state index contributed by atoms with van der Waals surface area (Å²) in [5, 5.41) is 3.29. The minimum Gasteiger partial charge on any atom is -0.486 e. The summed E-state index contributed by atoms with van der Waals surface area (Å²) >= 11 is 6.24. The molecule has 2 heterocycles. The van der Waals surface area contributed by atoms with Gasteiger partial charge in [-0.15, -0.1) is 0 Å². The molecule has 1 fully saturated rings. The van der Waals surface area contributed by atoms with E-state index in [1.165, 1.54) is 6.08 Å². The third-order valence-electron chi connectivity index (χ3n) is 5.03. The molecule has 0 atom stereocenters. The van der Waals surface area contributed by atoms with Gasteiger partial charge >= 0.3 is 0 Å². The molecule has 4 rings (SSSR count). The summed E-state index contributed by atoms with van der Waals surface area (Å²) < 4.78 is 11.1. The van der Waals surface area contributed by atoms with E-state index in [4.69, 9.17) is 26.8 Å². The predicted molar refractivity (Wildman–Crippen MR) is 117 cm³/mol. The van der Waals surface area contributed by atoms with Crippen molar-refractivity contribution >= 4 is 40.9 Å². The van der Waals surface area contributed by atoms with Crippen LogP contribution in [0.5, 0.6) is 11.5 Å².